The third kappa shape index (κ3) is 3.55. The van der Waals surface area contributed by atoms with E-state index in [9.17, 15) is 9.90 Å². The largest absolute Gasteiger partial charge is 0.396 e. The molecule has 3 aliphatic heterocycles. The standard InChI is InChI=1S/C17H30N2O4/c20-12-14-11-19(16(22)13-21)8-5-17(14)3-6-18(7-4-17)15-1-9-23-10-2-15/h14-15,20-21H,1-13H2. The number of aliphatic hydroxyl groups excluding tert-OH is 2. The smallest absolute Gasteiger partial charge is 0.248 e. The molecule has 6 heteroatoms. The summed E-state index contributed by atoms with van der Waals surface area (Å²) in [4.78, 5) is 16.1. The molecule has 0 aromatic heterocycles. The Hall–Kier alpha value is -0.690. The number of rotatable bonds is 3. The number of amides is 1. The van der Waals surface area contributed by atoms with Crippen LogP contribution in [0.25, 0.3) is 0 Å². The van der Waals surface area contributed by atoms with Crippen LogP contribution in [0.1, 0.15) is 32.1 Å². The molecule has 2 N–H and O–H groups in total. The van der Waals surface area contributed by atoms with E-state index in [1.807, 2.05) is 0 Å². The van der Waals surface area contributed by atoms with Crippen LogP contribution in [0.5, 0.6) is 0 Å². The van der Waals surface area contributed by atoms with Crippen molar-refractivity contribution in [1.29, 1.82) is 0 Å². The summed E-state index contributed by atoms with van der Waals surface area (Å²) in [6.45, 7) is 4.95. The summed E-state index contributed by atoms with van der Waals surface area (Å²) in [6.07, 6.45) is 5.43. The topological polar surface area (TPSA) is 73.2 Å². The minimum Gasteiger partial charge on any atom is -0.396 e. The number of nitrogens with zero attached hydrogens (tertiary/aromatic N) is 2. The lowest BCUT2D eigenvalue weighted by Crippen LogP contribution is -2.56. The van der Waals surface area contributed by atoms with E-state index in [1.54, 1.807) is 4.90 Å². The van der Waals surface area contributed by atoms with E-state index in [0.29, 0.717) is 19.1 Å². The fourth-order valence-electron chi connectivity index (χ4n) is 4.73. The first-order chi connectivity index (χ1) is 11.2. The van der Waals surface area contributed by atoms with Crippen LogP contribution < -0.4 is 0 Å². The van der Waals surface area contributed by atoms with Gasteiger partial charge in [0, 0.05) is 44.9 Å². The van der Waals surface area contributed by atoms with Crippen molar-refractivity contribution in [2.45, 2.75) is 38.1 Å². The van der Waals surface area contributed by atoms with Crippen molar-refractivity contribution in [3.05, 3.63) is 0 Å². The van der Waals surface area contributed by atoms with Crippen molar-refractivity contribution < 1.29 is 19.7 Å². The normalized spacial score (nSPS) is 29.8. The zero-order valence-corrected chi connectivity index (χ0v) is 14.0. The van der Waals surface area contributed by atoms with Gasteiger partial charge in [-0.05, 0) is 50.6 Å². The van der Waals surface area contributed by atoms with Crippen LogP contribution in [-0.2, 0) is 9.53 Å². The highest BCUT2D eigenvalue weighted by atomic mass is 16.5. The van der Waals surface area contributed by atoms with E-state index in [2.05, 4.69) is 4.90 Å². The molecule has 0 aliphatic carbocycles. The summed E-state index contributed by atoms with van der Waals surface area (Å²) in [6, 6.07) is 0.657. The fourth-order valence-corrected chi connectivity index (χ4v) is 4.73. The molecule has 3 aliphatic rings. The number of likely N-dealkylation sites (tertiary alicyclic amines) is 2. The molecular weight excluding hydrogens is 296 g/mol. The van der Waals surface area contributed by atoms with E-state index in [4.69, 9.17) is 9.84 Å². The second-order valence-electron chi connectivity index (χ2n) is 7.37. The van der Waals surface area contributed by atoms with E-state index in [-0.39, 0.29) is 23.8 Å². The second kappa shape index (κ2) is 7.47. The predicted octanol–water partition coefficient (Wildman–Crippen LogP) is 0.0807. The van der Waals surface area contributed by atoms with Crippen LogP contribution in [0.4, 0.5) is 0 Å². The maximum Gasteiger partial charge on any atom is 0.248 e. The molecule has 3 fully saturated rings. The van der Waals surface area contributed by atoms with E-state index < -0.39 is 6.61 Å². The summed E-state index contributed by atoms with van der Waals surface area (Å²) in [5.41, 5.74) is 0.169. The average molecular weight is 326 g/mol. The molecule has 0 radical (unpaired) electrons. The highest BCUT2D eigenvalue weighted by molar-refractivity contribution is 5.77. The first-order valence-electron chi connectivity index (χ1n) is 9.00. The Kier molecular flexibility index (Phi) is 5.57. The first-order valence-corrected chi connectivity index (χ1v) is 9.00. The van der Waals surface area contributed by atoms with Gasteiger partial charge in [0.15, 0.2) is 0 Å². The van der Waals surface area contributed by atoms with Crippen LogP contribution in [0, 0.1) is 11.3 Å². The average Bonchev–Trinajstić information content (AvgIpc) is 2.63. The van der Waals surface area contributed by atoms with Crippen molar-refractivity contribution in [3.63, 3.8) is 0 Å². The Morgan fingerprint density at radius 2 is 1.74 bits per heavy atom. The van der Waals surface area contributed by atoms with Crippen LogP contribution in [-0.4, -0.2) is 84.6 Å². The van der Waals surface area contributed by atoms with Gasteiger partial charge in [0.2, 0.25) is 5.91 Å². The molecule has 0 aromatic carbocycles. The molecule has 1 atom stereocenters. The van der Waals surface area contributed by atoms with Crippen molar-refractivity contribution in [2.75, 3.05) is 52.6 Å². The van der Waals surface area contributed by atoms with Crippen molar-refractivity contribution in [2.24, 2.45) is 11.3 Å². The Labute approximate surface area is 138 Å². The van der Waals surface area contributed by atoms with Gasteiger partial charge in [0.1, 0.15) is 6.61 Å². The molecule has 0 aromatic rings. The molecule has 6 nitrogen and oxygen atoms in total. The lowest BCUT2D eigenvalue weighted by atomic mass is 9.64. The van der Waals surface area contributed by atoms with Crippen LogP contribution >= 0.6 is 0 Å². The van der Waals surface area contributed by atoms with Crippen molar-refractivity contribution in [3.8, 4) is 0 Å². The molecule has 3 heterocycles. The zero-order chi connectivity index (χ0) is 16.3. The quantitative estimate of drug-likeness (QED) is 0.768. The lowest BCUT2D eigenvalue weighted by molar-refractivity contribution is -0.141. The SMILES string of the molecule is O=C(CO)N1CCC2(CCN(C3CCOCC3)CC2)C(CO)C1. The lowest BCUT2D eigenvalue weighted by Gasteiger charge is -2.52. The minimum atomic E-state index is -0.428. The van der Waals surface area contributed by atoms with Crippen LogP contribution in [0.2, 0.25) is 0 Å². The predicted molar refractivity (Wildman–Crippen MR) is 85.9 cm³/mol. The Bertz CT molecular complexity index is 403. The summed E-state index contributed by atoms with van der Waals surface area (Å²) < 4.78 is 5.46. The zero-order valence-electron chi connectivity index (χ0n) is 14.0. The Balaban J connectivity index is 1.59. The Morgan fingerprint density at radius 1 is 1.09 bits per heavy atom. The van der Waals surface area contributed by atoms with Gasteiger partial charge in [-0.1, -0.05) is 0 Å². The summed E-state index contributed by atoms with van der Waals surface area (Å²) >= 11 is 0. The van der Waals surface area contributed by atoms with Gasteiger partial charge in [-0.15, -0.1) is 0 Å². The van der Waals surface area contributed by atoms with E-state index >= 15 is 0 Å². The van der Waals surface area contributed by atoms with E-state index in [0.717, 1.165) is 58.4 Å². The summed E-state index contributed by atoms with van der Waals surface area (Å²) in [7, 11) is 0. The number of carbonyl (C=O) groups excluding carboxylic acids is 1. The van der Waals surface area contributed by atoms with E-state index in [1.165, 1.54) is 0 Å². The number of ether oxygens (including phenoxy) is 1. The molecule has 23 heavy (non-hydrogen) atoms. The molecule has 0 saturated carbocycles. The molecule has 0 bridgehead atoms. The number of piperidine rings is 2. The second-order valence-corrected chi connectivity index (χ2v) is 7.37. The summed E-state index contributed by atoms with van der Waals surface area (Å²) in [5, 5.41) is 18.9. The minimum absolute atomic E-state index is 0.131. The first kappa shape index (κ1) is 17.1. The molecule has 132 valence electrons. The fraction of sp³-hybridized carbons (Fsp3) is 0.941. The molecule has 3 saturated heterocycles. The molecular formula is C17H30N2O4. The highest BCUT2D eigenvalue weighted by Crippen LogP contribution is 2.45. The number of hydrogen-bond donors (Lipinski definition) is 2. The van der Waals surface area contributed by atoms with Gasteiger partial charge in [0.25, 0.3) is 0 Å². The number of hydrogen-bond acceptors (Lipinski definition) is 5. The molecule has 1 unspecified atom stereocenters. The molecule has 3 rings (SSSR count). The van der Waals surface area contributed by atoms with Crippen molar-refractivity contribution in [1.82, 2.24) is 9.80 Å². The maximum absolute atomic E-state index is 11.7. The maximum atomic E-state index is 11.7. The highest BCUT2D eigenvalue weighted by Gasteiger charge is 2.45. The number of aliphatic hydroxyl groups is 2. The van der Waals surface area contributed by atoms with Gasteiger partial charge in [-0.25, -0.2) is 0 Å². The summed E-state index contributed by atoms with van der Waals surface area (Å²) in [5.74, 6) is -0.0680. The van der Waals surface area contributed by atoms with Crippen molar-refractivity contribution >= 4 is 5.91 Å². The van der Waals surface area contributed by atoms with Gasteiger partial charge in [-0.2, -0.15) is 0 Å². The van der Waals surface area contributed by atoms with Gasteiger partial charge < -0.3 is 24.7 Å². The molecule has 1 spiro atoms. The molecule has 1 amide bonds. The monoisotopic (exact) mass is 326 g/mol. The van der Waals surface area contributed by atoms with Gasteiger partial charge >= 0.3 is 0 Å². The van der Waals surface area contributed by atoms with Crippen LogP contribution in [0.3, 0.4) is 0 Å². The van der Waals surface area contributed by atoms with Crippen LogP contribution in [0.15, 0.2) is 0 Å². The van der Waals surface area contributed by atoms with Gasteiger partial charge in [-0.3, -0.25) is 4.79 Å². The third-order valence-corrected chi connectivity index (χ3v) is 6.40. The van der Waals surface area contributed by atoms with Gasteiger partial charge in [0.05, 0.1) is 0 Å². The number of carbonyl (C=O) groups is 1. The third-order valence-electron chi connectivity index (χ3n) is 6.40. The Morgan fingerprint density at radius 3 is 2.35 bits per heavy atom.